The van der Waals surface area contributed by atoms with Gasteiger partial charge in [-0.3, -0.25) is 0 Å². The van der Waals surface area contributed by atoms with Gasteiger partial charge in [0.2, 0.25) is 0 Å². The van der Waals surface area contributed by atoms with Gasteiger partial charge in [0.25, 0.3) is 0 Å². The lowest BCUT2D eigenvalue weighted by molar-refractivity contribution is 0.0243. The van der Waals surface area contributed by atoms with Crippen LogP contribution in [0.2, 0.25) is 0 Å². The molecule has 0 aliphatic carbocycles. The van der Waals surface area contributed by atoms with Crippen LogP contribution >= 0.6 is 15.9 Å². The highest BCUT2D eigenvalue weighted by Crippen LogP contribution is 2.18. The summed E-state index contributed by atoms with van der Waals surface area (Å²) >= 11 is 3.58. The minimum Gasteiger partial charge on any atom is -0.444 e. The van der Waals surface area contributed by atoms with Crippen LogP contribution in [0.5, 0.6) is 0 Å². The van der Waals surface area contributed by atoms with Gasteiger partial charge in [-0.25, -0.2) is 4.79 Å². The second-order valence-corrected chi connectivity index (χ2v) is 7.95. The van der Waals surface area contributed by atoms with E-state index in [4.69, 9.17) is 4.74 Å². The summed E-state index contributed by atoms with van der Waals surface area (Å²) < 4.78 is 6.63. The number of benzene rings is 1. The maximum absolute atomic E-state index is 12.3. The summed E-state index contributed by atoms with van der Waals surface area (Å²) in [6, 6.07) is 8.53. The first kappa shape index (κ1) is 18.3. The van der Waals surface area contributed by atoms with Crippen molar-refractivity contribution in [3.05, 3.63) is 34.3 Å². The molecule has 1 aromatic carbocycles. The van der Waals surface area contributed by atoms with E-state index in [0.717, 1.165) is 36.8 Å². The van der Waals surface area contributed by atoms with Crippen LogP contribution < -0.4 is 5.32 Å². The number of nitrogens with zero attached hydrogens (tertiary/aromatic N) is 1. The fourth-order valence-corrected chi connectivity index (χ4v) is 3.12. The number of halogens is 1. The third-order valence-corrected chi connectivity index (χ3v) is 4.64. The third kappa shape index (κ3) is 6.15. The standard InChI is InChI=1S/C18H27BrN2O2/c1-18(2,3)23-17(22)21-11-7-6-9-15(13-21)20-12-14-8-4-5-10-16(14)19/h4-5,8,10,15,20H,6-7,9,11-13H2,1-3H3. The van der Waals surface area contributed by atoms with Gasteiger partial charge in [-0.2, -0.15) is 0 Å². The quantitative estimate of drug-likeness (QED) is 0.845. The Morgan fingerprint density at radius 2 is 2.09 bits per heavy atom. The molecule has 1 saturated heterocycles. The first-order valence-electron chi connectivity index (χ1n) is 8.30. The summed E-state index contributed by atoms with van der Waals surface area (Å²) in [6.07, 6.45) is 3.05. The molecule has 1 aliphatic heterocycles. The van der Waals surface area contributed by atoms with E-state index in [1.165, 1.54) is 5.56 Å². The Balaban J connectivity index is 1.92. The van der Waals surface area contributed by atoms with Crippen molar-refractivity contribution in [3.63, 3.8) is 0 Å². The number of rotatable bonds is 3. The van der Waals surface area contributed by atoms with E-state index in [2.05, 4.69) is 33.4 Å². The van der Waals surface area contributed by atoms with Crippen molar-refractivity contribution >= 4 is 22.0 Å². The van der Waals surface area contributed by atoms with E-state index in [1.54, 1.807) is 0 Å². The normalized spacial score (nSPS) is 19.3. The number of ether oxygens (including phenoxy) is 1. The summed E-state index contributed by atoms with van der Waals surface area (Å²) in [5, 5.41) is 3.59. The number of likely N-dealkylation sites (tertiary alicyclic amines) is 1. The van der Waals surface area contributed by atoms with E-state index in [0.29, 0.717) is 12.6 Å². The first-order valence-corrected chi connectivity index (χ1v) is 9.09. The van der Waals surface area contributed by atoms with E-state index >= 15 is 0 Å². The zero-order chi connectivity index (χ0) is 16.9. The molecule has 1 atom stereocenters. The van der Waals surface area contributed by atoms with E-state index < -0.39 is 5.60 Å². The van der Waals surface area contributed by atoms with Crippen LogP contribution in [0.25, 0.3) is 0 Å². The second-order valence-electron chi connectivity index (χ2n) is 7.09. The van der Waals surface area contributed by atoms with E-state index in [-0.39, 0.29) is 6.09 Å². The summed E-state index contributed by atoms with van der Waals surface area (Å²) in [6.45, 7) is 8.01. The number of hydrogen-bond donors (Lipinski definition) is 1. The molecular weight excluding hydrogens is 356 g/mol. The van der Waals surface area contributed by atoms with Crippen LogP contribution in [0.4, 0.5) is 4.79 Å². The van der Waals surface area contributed by atoms with Crippen molar-refractivity contribution in [2.24, 2.45) is 0 Å². The molecule has 0 radical (unpaired) electrons. The highest BCUT2D eigenvalue weighted by molar-refractivity contribution is 9.10. The summed E-state index contributed by atoms with van der Waals surface area (Å²) in [7, 11) is 0. The van der Waals surface area contributed by atoms with Crippen molar-refractivity contribution < 1.29 is 9.53 Å². The van der Waals surface area contributed by atoms with Gasteiger partial charge >= 0.3 is 6.09 Å². The van der Waals surface area contributed by atoms with Crippen LogP contribution in [-0.4, -0.2) is 35.7 Å². The fourth-order valence-electron chi connectivity index (χ4n) is 2.70. The molecule has 5 heteroatoms. The topological polar surface area (TPSA) is 41.6 Å². The molecule has 1 N–H and O–H groups in total. The lowest BCUT2D eigenvalue weighted by Gasteiger charge is -2.28. The molecule has 1 aromatic rings. The monoisotopic (exact) mass is 382 g/mol. The Morgan fingerprint density at radius 3 is 2.78 bits per heavy atom. The fraction of sp³-hybridized carbons (Fsp3) is 0.611. The Hall–Kier alpha value is -1.07. The first-order chi connectivity index (χ1) is 10.8. The lowest BCUT2D eigenvalue weighted by atomic mass is 10.1. The molecule has 128 valence electrons. The van der Waals surface area contributed by atoms with Crippen LogP contribution in [-0.2, 0) is 11.3 Å². The van der Waals surface area contributed by atoms with Gasteiger partial charge in [-0.05, 0) is 45.2 Å². The van der Waals surface area contributed by atoms with Gasteiger partial charge in [-0.15, -0.1) is 0 Å². The molecule has 23 heavy (non-hydrogen) atoms. The largest absolute Gasteiger partial charge is 0.444 e. The van der Waals surface area contributed by atoms with Gasteiger partial charge in [0.1, 0.15) is 5.60 Å². The van der Waals surface area contributed by atoms with Crippen LogP contribution in [0.1, 0.15) is 45.6 Å². The molecule has 1 amide bonds. The minimum absolute atomic E-state index is 0.202. The van der Waals surface area contributed by atoms with Gasteiger partial charge < -0.3 is 15.0 Å². The molecule has 0 spiro atoms. The predicted molar refractivity (Wildman–Crippen MR) is 96.4 cm³/mol. The molecule has 0 aromatic heterocycles. The molecule has 2 rings (SSSR count). The Morgan fingerprint density at radius 1 is 1.35 bits per heavy atom. The van der Waals surface area contributed by atoms with Crippen LogP contribution in [0.15, 0.2) is 28.7 Å². The van der Waals surface area contributed by atoms with Gasteiger partial charge in [0.05, 0.1) is 0 Å². The molecular formula is C18H27BrN2O2. The summed E-state index contributed by atoms with van der Waals surface area (Å²) in [5.41, 5.74) is 0.793. The van der Waals surface area contributed by atoms with Crippen molar-refractivity contribution in [2.45, 2.75) is 58.2 Å². The Labute approximate surface area is 147 Å². The summed E-state index contributed by atoms with van der Waals surface area (Å²) in [5.74, 6) is 0. The minimum atomic E-state index is -0.443. The Kier molecular flexibility index (Phi) is 6.48. The van der Waals surface area contributed by atoms with Crippen molar-refractivity contribution in [3.8, 4) is 0 Å². The number of amides is 1. The number of carbonyl (C=O) groups excluding carboxylic acids is 1. The van der Waals surface area contributed by atoms with Crippen LogP contribution in [0, 0.1) is 0 Å². The Bertz CT molecular complexity index is 528. The van der Waals surface area contributed by atoms with E-state index in [1.807, 2.05) is 37.8 Å². The average Bonchev–Trinajstić information content (AvgIpc) is 2.70. The number of nitrogens with one attached hydrogen (secondary N) is 1. The zero-order valence-corrected chi connectivity index (χ0v) is 15.9. The van der Waals surface area contributed by atoms with Crippen molar-refractivity contribution in [1.29, 1.82) is 0 Å². The molecule has 1 fully saturated rings. The smallest absolute Gasteiger partial charge is 0.410 e. The molecule has 0 bridgehead atoms. The second kappa shape index (κ2) is 8.15. The maximum Gasteiger partial charge on any atom is 0.410 e. The van der Waals surface area contributed by atoms with Gasteiger partial charge in [0, 0.05) is 30.1 Å². The lowest BCUT2D eigenvalue weighted by Crippen LogP contribution is -2.44. The molecule has 4 nitrogen and oxygen atoms in total. The van der Waals surface area contributed by atoms with Crippen LogP contribution in [0.3, 0.4) is 0 Å². The SMILES string of the molecule is CC(C)(C)OC(=O)N1CCCCC(NCc2ccccc2Br)C1. The molecule has 1 aliphatic rings. The van der Waals surface area contributed by atoms with Crippen molar-refractivity contribution in [1.82, 2.24) is 10.2 Å². The highest BCUT2D eigenvalue weighted by Gasteiger charge is 2.26. The van der Waals surface area contributed by atoms with Crippen molar-refractivity contribution in [2.75, 3.05) is 13.1 Å². The van der Waals surface area contributed by atoms with Gasteiger partial charge in [-0.1, -0.05) is 40.5 Å². The average molecular weight is 383 g/mol. The maximum atomic E-state index is 12.3. The zero-order valence-electron chi connectivity index (χ0n) is 14.3. The van der Waals surface area contributed by atoms with Gasteiger partial charge in [0.15, 0.2) is 0 Å². The molecule has 1 unspecified atom stereocenters. The summed E-state index contributed by atoms with van der Waals surface area (Å²) in [4.78, 5) is 14.2. The predicted octanol–water partition coefficient (Wildman–Crippen LogP) is 4.33. The number of carbonyl (C=O) groups is 1. The highest BCUT2D eigenvalue weighted by atomic mass is 79.9. The number of hydrogen-bond acceptors (Lipinski definition) is 3. The molecule has 1 heterocycles. The third-order valence-electron chi connectivity index (χ3n) is 3.86. The van der Waals surface area contributed by atoms with E-state index in [9.17, 15) is 4.79 Å². The molecule has 0 saturated carbocycles.